The van der Waals surface area contributed by atoms with Crippen molar-refractivity contribution in [3.05, 3.63) is 41.8 Å². The van der Waals surface area contributed by atoms with Crippen LogP contribution < -0.4 is 0 Å². The first kappa shape index (κ1) is 9.80. The molecule has 2 rings (SSSR count). The van der Waals surface area contributed by atoms with Gasteiger partial charge in [-0.2, -0.15) is 0 Å². The van der Waals surface area contributed by atoms with Gasteiger partial charge < -0.3 is 0 Å². The molecule has 1 aliphatic rings. The summed E-state index contributed by atoms with van der Waals surface area (Å²) in [7, 11) is -2.92. The Balaban J connectivity index is 2.05. The molecule has 1 heterocycles. The highest BCUT2D eigenvalue weighted by Crippen LogP contribution is 2.28. The maximum Gasteiger partial charge on any atom is 0.172 e. The number of thioether (sulfide) groups is 1. The van der Waals surface area contributed by atoms with Gasteiger partial charge in [-0.1, -0.05) is 24.3 Å². The van der Waals surface area contributed by atoms with Crippen molar-refractivity contribution in [1.82, 2.24) is 0 Å². The lowest BCUT2D eigenvalue weighted by atomic mass is 10.4. The topological polar surface area (TPSA) is 34.1 Å². The SMILES string of the molecule is O=S1(=O)C=CC(Sc2ccccc2)C1. The van der Waals surface area contributed by atoms with E-state index in [1.165, 1.54) is 5.41 Å². The van der Waals surface area contributed by atoms with E-state index < -0.39 is 9.84 Å². The highest BCUT2D eigenvalue weighted by Gasteiger charge is 2.22. The van der Waals surface area contributed by atoms with E-state index in [9.17, 15) is 8.42 Å². The first-order chi connectivity index (χ1) is 6.66. The molecule has 14 heavy (non-hydrogen) atoms. The summed E-state index contributed by atoms with van der Waals surface area (Å²) in [6.45, 7) is 0. The van der Waals surface area contributed by atoms with Gasteiger partial charge in [0, 0.05) is 15.6 Å². The van der Waals surface area contributed by atoms with Crippen LogP contribution in [-0.2, 0) is 9.84 Å². The molecule has 0 saturated carbocycles. The number of rotatable bonds is 2. The average molecular weight is 226 g/mol. The minimum absolute atomic E-state index is 0.0717. The molecule has 1 atom stereocenters. The van der Waals surface area contributed by atoms with Crippen LogP contribution in [0.25, 0.3) is 0 Å². The minimum Gasteiger partial charge on any atom is -0.224 e. The van der Waals surface area contributed by atoms with Gasteiger partial charge in [-0.3, -0.25) is 0 Å². The molecule has 1 unspecified atom stereocenters. The average Bonchev–Trinajstić information content (AvgIpc) is 2.47. The standard InChI is InChI=1S/C10H10O2S2/c11-14(12)7-6-10(8-14)13-9-4-2-1-3-5-9/h1-7,10H,8H2. The number of benzene rings is 1. The van der Waals surface area contributed by atoms with Crippen LogP contribution in [0.4, 0.5) is 0 Å². The van der Waals surface area contributed by atoms with Crippen molar-refractivity contribution in [2.45, 2.75) is 10.1 Å². The number of sulfone groups is 1. The molecule has 0 spiro atoms. The lowest BCUT2D eigenvalue weighted by molar-refractivity contribution is 0.606. The van der Waals surface area contributed by atoms with Crippen molar-refractivity contribution in [3.8, 4) is 0 Å². The lowest BCUT2D eigenvalue weighted by Crippen LogP contribution is -2.06. The highest BCUT2D eigenvalue weighted by atomic mass is 32.2. The maximum atomic E-state index is 11.1. The van der Waals surface area contributed by atoms with E-state index in [2.05, 4.69) is 0 Å². The van der Waals surface area contributed by atoms with E-state index in [0.29, 0.717) is 0 Å². The van der Waals surface area contributed by atoms with Crippen molar-refractivity contribution < 1.29 is 8.42 Å². The van der Waals surface area contributed by atoms with E-state index in [1.54, 1.807) is 17.8 Å². The first-order valence-electron chi connectivity index (χ1n) is 4.28. The largest absolute Gasteiger partial charge is 0.224 e. The Morgan fingerprint density at radius 3 is 2.50 bits per heavy atom. The van der Waals surface area contributed by atoms with Gasteiger partial charge in [-0.25, -0.2) is 8.42 Å². The monoisotopic (exact) mass is 226 g/mol. The zero-order valence-electron chi connectivity index (χ0n) is 7.46. The van der Waals surface area contributed by atoms with Gasteiger partial charge in [0.25, 0.3) is 0 Å². The Morgan fingerprint density at radius 1 is 1.21 bits per heavy atom. The Kier molecular flexibility index (Phi) is 2.65. The summed E-state index contributed by atoms with van der Waals surface area (Å²) in [5.41, 5.74) is 0. The summed E-state index contributed by atoms with van der Waals surface area (Å²) >= 11 is 1.59. The fraction of sp³-hybridized carbons (Fsp3) is 0.200. The molecule has 0 N–H and O–H groups in total. The molecule has 0 aromatic heterocycles. The van der Waals surface area contributed by atoms with E-state index in [-0.39, 0.29) is 11.0 Å². The summed E-state index contributed by atoms with van der Waals surface area (Å²) in [5, 5.41) is 1.38. The van der Waals surface area contributed by atoms with E-state index in [0.717, 1.165) is 4.90 Å². The second-order valence-corrected chi connectivity index (χ2v) is 6.37. The van der Waals surface area contributed by atoms with Crippen molar-refractivity contribution in [2.24, 2.45) is 0 Å². The van der Waals surface area contributed by atoms with Crippen LogP contribution in [0.5, 0.6) is 0 Å². The minimum atomic E-state index is -2.92. The van der Waals surface area contributed by atoms with Gasteiger partial charge in [0.05, 0.1) is 5.75 Å². The first-order valence-corrected chi connectivity index (χ1v) is 6.88. The summed E-state index contributed by atoms with van der Waals surface area (Å²) < 4.78 is 22.3. The van der Waals surface area contributed by atoms with Gasteiger partial charge in [0.15, 0.2) is 9.84 Å². The third kappa shape index (κ3) is 2.39. The molecule has 2 nitrogen and oxygen atoms in total. The Bertz CT molecular complexity index is 434. The van der Waals surface area contributed by atoms with E-state index in [1.807, 2.05) is 30.3 Å². The van der Waals surface area contributed by atoms with Crippen LogP contribution in [-0.4, -0.2) is 19.4 Å². The molecule has 0 fully saturated rings. The lowest BCUT2D eigenvalue weighted by Gasteiger charge is -2.05. The molecule has 0 saturated heterocycles. The Hall–Kier alpha value is -0.740. The fourth-order valence-corrected chi connectivity index (χ4v) is 4.17. The van der Waals surface area contributed by atoms with Crippen molar-refractivity contribution in [1.29, 1.82) is 0 Å². The smallest absolute Gasteiger partial charge is 0.172 e. The van der Waals surface area contributed by atoms with Crippen LogP contribution in [0.15, 0.2) is 46.7 Å². The molecule has 74 valence electrons. The van der Waals surface area contributed by atoms with Crippen molar-refractivity contribution >= 4 is 21.6 Å². The van der Waals surface area contributed by atoms with Gasteiger partial charge in [0.2, 0.25) is 0 Å². The van der Waals surface area contributed by atoms with Crippen LogP contribution >= 0.6 is 11.8 Å². The second kappa shape index (κ2) is 3.79. The van der Waals surface area contributed by atoms with Crippen molar-refractivity contribution in [2.75, 3.05) is 5.75 Å². The quantitative estimate of drug-likeness (QED) is 0.774. The Labute approximate surface area is 87.9 Å². The van der Waals surface area contributed by atoms with Gasteiger partial charge in [-0.05, 0) is 12.1 Å². The normalized spacial score (nSPS) is 23.9. The molecule has 0 aliphatic carbocycles. The summed E-state index contributed by atoms with van der Waals surface area (Å²) in [4.78, 5) is 1.11. The molecule has 4 heteroatoms. The van der Waals surface area contributed by atoms with Crippen LogP contribution in [0, 0.1) is 0 Å². The van der Waals surface area contributed by atoms with Gasteiger partial charge in [0.1, 0.15) is 0 Å². The second-order valence-electron chi connectivity index (χ2n) is 3.13. The molecular weight excluding hydrogens is 216 g/mol. The maximum absolute atomic E-state index is 11.1. The van der Waals surface area contributed by atoms with Crippen LogP contribution in [0.2, 0.25) is 0 Å². The molecular formula is C10H10O2S2. The molecule has 1 aromatic carbocycles. The summed E-state index contributed by atoms with van der Waals surface area (Å²) in [5.74, 6) is 0.229. The summed E-state index contributed by atoms with van der Waals surface area (Å²) in [6.07, 6.45) is 1.76. The number of hydrogen-bond donors (Lipinski definition) is 0. The zero-order chi connectivity index (χ0) is 10.0. The predicted octanol–water partition coefficient (Wildman–Crippen LogP) is 2.09. The third-order valence-electron chi connectivity index (χ3n) is 1.93. The molecule has 1 aromatic rings. The zero-order valence-corrected chi connectivity index (χ0v) is 9.09. The predicted molar refractivity (Wildman–Crippen MR) is 59.0 cm³/mol. The van der Waals surface area contributed by atoms with Crippen LogP contribution in [0.3, 0.4) is 0 Å². The van der Waals surface area contributed by atoms with Crippen LogP contribution in [0.1, 0.15) is 0 Å². The summed E-state index contributed by atoms with van der Waals surface area (Å²) in [6, 6.07) is 9.84. The van der Waals surface area contributed by atoms with Gasteiger partial charge >= 0.3 is 0 Å². The third-order valence-corrected chi connectivity index (χ3v) is 4.71. The van der Waals surface area contributed by atoms with Gasteiger partial charge in [-0.15, -0.1) is 11.8 Å². The molecule has 0 amide bonds. The molecule has 0 bridgehead atoms. The van der Waals surface area contributed by atoms with Crippen molar-refractivity contribution in [3.63, 3.8) is 0 Å². The van der Waals surface area contributed by atoms with E-state index >= 15 is 0 Å². The van der Waals surface area contributed by atoms with E-state index in [4.69, 9.17) is 0 Å². The highest BCUT2D eigenvalue weighted by molar-refractivity contribution is 8.02. The molecule has 0 radical (unpaired) electrons. The molecule has 1 aliphatic heterocycles. The number of hydrogen-bond acceptors (Lipinski definition) is 3. The fourth-order valence-electron chi connectivity index (χ4n) is 1.29. The Morgan fingerprint density at radius 2 is 1.93 bits per heavy atom.